The Morgan fingerprint density at radius 2 is 1.75 bits per heavy atom. The lowest BCUT2D eigenvalue weighted by Crippen LogP contribution is -2.39. The van der Waals surface area contributed by atoms with Gasteiger partial charge in [-0.2, -0.15) is 0 Å². The summed E-state index contributed by atoms with van der Waals surface area (Å²) in [7, 11) is 3.51. The largest absolute Gasteiger partial charge is 0.345 e. The predicted octanol–water partition coefficient (Wildman–Crippen LogP) is 3.11. The fraction of sp³-hybridized carbons (Fsp3) is 0.600. The van der Waals surface area contributed by atoms with Crippen molar-refractivity contribution in [3.05, 3.63) is 35.4 Å². The molecule has 2 fully saturated rings. The first-order valence-electron chi connectivity index (χ1n) is 9.17. The highest BCUT2D eigenvalue weighted by molar-refractivity contribution is 5.93. The normalized spacial score (nSPS) is 22.0. The maximum absolute atomic E-state index is 12.7. The maximum Gasteiger partial charge on any atom is 0.253 e. The maximum atomic E-state index is 12.7. The molecule has 0 radical (unpaired) electrons. The Kier molecular flexibility index (Phi) is 5.22. The van der Waals surface area contributed by atoms with Crippen molar-refractivity contribution in [1.82, 2.24) is 9.80 Å². The van der Waals surface area contributed by atoms with E-state index in [9.17, 15) is 9.59 Å². The Morgan fingerprint density at radius 3 is 2.38 bits per heavy atom. The Labute approximate surface area is 144 Å². The quantitative estimate of drug-likeness (QED) is 0.852. The summed E-state index contributed by atoms with van der Waals surface area (Å²) in [5, 5.41) is 0. The van der Waals surface area contributed by atoms with Gasteiger partial charge in [-0.1, -0.05) is 31.4 Å². The summed E-state index contributed by atoms with van der Waals surface area (Å²) in [5.74, 6) is 0.472. The van der Waals surface area contributed by atoms with Gasteiger partial charge >= 0.3 is 0 Å². The molecule has 1 unspecified atom stereocenters. The standard InChI is InChI=1S/C20H28N2O2/c1-21(2)19(23)16-10-8-15(9-11-16)14-17-12-13-22(20(17)24)18-6-4-3-5-7-18/h8-11,17-18H,3-7,12-14H2,1-2H3. The van der Waals surface area contributed by atoms with Crippen LogP contribution in [0.2, 0.25) is 0 Å². The molecule has 1 aromatic rings. The molecule has 1 aromatic carbocycles. The van der Waals surface area contributed by atoms with Crippen LogP contribution in [-0.4, -0.2) is 48.3 Å². The summed E-state index contributed by atoms with van der Waals surface area (Å²) in [6, 6.07) is 8.21. The smallest absolute Gasteiger partial charge is 0.253 e. The van der Waals surface area contributed by atoms with Crippen LogP contribution in [0.4, 0.5) is 0 Å². The number of likely N-dealkylation sites (tertiary alicyclic amines) is 1. The summed E-state index contributed by atoms with van der Waals surface area (Å²) in [5.41, 5.74) is 1.85. The van der Waals surface area contributed by atoms with E-state index in [0.29, 0.717) is 17.5 Å². The molecule has 24 heavy (non-hydrogen) atoms. The zero-order valence-electron chi connectivity index (χ0n) is 14.8. The van der Waals surface area contributed by atoms with Crippen LogP contribution in [0.5, 0.6) is 0 Å². The lowest BCUT2D eigenvalue weighted by atomic mass is 9.94. The molecule has 2 aliphatic rings. The third kappa shape index (κ3) is 3.63. The van der Waals surface area contributed by atoms with Gasteiger partial charge in [-0.15, -0.1) is 0 Å². The lowest BCUT2D eigenvalue weighted by Gasteiger charge is -2.31. The highest BCUT2D eigenvalue weighted by Crippen LogP contribution is 2.30. The van der Waals surface area contributed by atoms with Crippen molar-refractivity contribution < 1.29 is 9.59 Å². The summed E-state index contributed by atoms with van der Waals surface area (Å²) in [6.45, 7) is 0.922. The number of hydrogen-bond donors (Lipinski definition) is 0. The van der Waals surface area contributed by atoms with Crippen LogP contribution < -0.4 is 0 Å². The molecule has 3 rings (SSSR count). The molecule has 1 atom stereocenters. The molecule has 4 nitrogen and oxygen atoms in total. The predicted molar refractivity (Wildman–Crippen MR) is 94.9 cm³/mol. The summed E-state index contributed by atoms with van der Waals surface area (Å²) in [4.78, 5) is 28.4. The van der Waals surface area contributed by atoms with Crippen LogP contribution in [0.3, 0.4) is 0 Å². The Hall–Kier alpha value is -1.84. The molecular weight excluding hydrogens is 300 g/mol. The van der Waals surface area contributed by atoms with Crippen LogP contribution in [0, 0.1) is 5.92 Å². The van der Waals surface area contributed by atoms with Gasteiger partial charge in [-0.25, -0.2) is 0 Å². The number of rotatable bonds is 4. The fourth-order valence-corrected chi connectivity index (χ4v) is 4.03. The van der Waals surface area contributed by atoms with Gasteiger partial charge < -0.3 is 9.80 Å². The van der Waals surface area contributed by atoms with Gasteiger partial charge in [0.25, 0.3) is 5.91 Å². The molecule has 2 amide bonds. The lowest BCUT2D eigenvalue weighted by molar-refractivity contribution is -0.133. The number of hydrogen-bond acceptors (Lipinski definition) is 2. The van der Waals surface area contributed by atoms with Crippen LogP contribution in [0.25, 0.3) is 0 Å². The van der Waals surface area contributed by atoms with Crippen molar-refractivity contribution in [2.24, 2.45) is 5.92 Å². The van der Waals surface area contributed by atoms with Gasteiger partial charge in [0.1, 0.15) is 0 Å². The number of amides is 2. The zero-order chi connectivity index (χ0) is 17.1. The number of nitrogens with zero attached hydrogens (tertiary/aromatic N) is 2. The number of carbonyl (C=O) groups is 2. The molecule has 1 saturated heterocycles. The van der Waals surface area contributed by atoms with Gasteiger partial charge in [0, 0.05) is 38.2 Å². The van der Waals surface area contributed by atoms with Crippen molar-refractivity contribution in [3.8, 4) is 0 Å². The highest BCUT2D eigenvalue weighted by atomic mass is 16.2. The van der Waals surface area contributed by atoms with Gasteiger partial charge in [0.2, 0.25) is 5.91 Å². The minimum atomic E-state index is 0.0157. The van der Waals surface area contributed by atoms with E-state index in [2.05, 4.69) is 4.90 Å². The topological polar surface area (TPSA) is 40.6 Å². The zero-order valence-corrected chi connectivity index (χ0v) is 14.8. The van der Waals surface area contributed by atoms with Gasteiger partial charge in [-0.05, 0) is 43.4 Å². The van der Waals surface area contributed by atoms with Gasteiger partial charge in [-0.3, -0.25) is 9.59 Å². The first-order valence-corrected chi connectivity index (χ1v) is 9.17. The summed E-state index contributed by atoms with van der Waals surface area (Å²) in [6.07, 6.45) is 7.97. The van der Waals surface area contributed by atoms with E-state index in [4.69, 9.17) is 0 Å². The molecule has 1 heterocycles. The molecule has 1 aliphatic carbocycles. The SMILES string of the molecule is CN(C)C(=O)c1ccc(CC2CCN(C3CCCCC3)C2=O)cc1. The third-order valence-corrected chi connectivity index (χ3v) is 5.46. The summed E-state index contributed by atoms with van der Waals surface area (Å²) < 4.78 is 0. The first kappa shape index (κ1) is 17.0. The summed E-state index contributed by atoms with van der Waals surface area (Å²) >= 11 is 0. The van der Waals surface area contributed by atoms with E-state index in [0.717, 1.165) is 24.9 Å². The number of benzene rings is 1. The minimum absolute atomic E-state index is 0.0157. The highest BCUT2D eigenvalue weighted by Gasteiger charge is 2.36. The van der Waals surface area contributed by atoms with Crippen LogP contribution in [-0.2, 0) is 11.2 Å². The average molecular weight is 328 g/mol. The third-order valence-electron chi connectivity index (χ3n) is 5.46. The fourth-order valence-electron chi connectivity index (χ4n) is 4.03. The molecule has 0 N–H and O–H groups in total. The van der Waals surface area contributed by atoms with Crippen LogP contribution in [0.1, 0.15) is 54.4 Å². The van der Waals surface area contributed by atoms with E-state index < -0.39 is 0 Å². The Morgan fingerprint density at radius 1 is 1.08 bits per heavy atom. The Balaban J connectivity index is 1.60. The molecular formula is C20H28N2O2. The second-order valence-corrected chi connectivity index (χ2v) is 7.41. The van der Waals surface area contributed by atoms with Crippen molar-refractivity contribution in [3.63, 3.8) is 0 Å². The molecule has 1 aliphatic heterocycles. The molecule has 0 spiro atoms. The van der Waals surface area contributed by atoms with Crippen molar-refractivity contribution >= 4 is 11.8 Å². The molecule has 0 bridgehead atoms. The minimum Gasteiger partial charge on any atom is -0.345 e. The number of carbonyl (C=O) groups excluding carboxylic acids is 2. The van der Waals surface area contributed by atoms with Crippen molar-refractivity contribution in [2.75, 3.05) is 20.6 Å². The molecule has 0 aromatic heterocycles. The van der Waals surface area contributed by atoms with Crippen molar-refractivity contribution in [2.45, 2.75) is 51.0 Å². The van der Waals surface area contributed by atoms with Gasteiger partial charge in [0.15, 0.2) is 0 Å². The molecule has 4 heteroatoms. The second-order valence-electron chi connectivity index (χ2n) is 7.41. The van der Waals surface area contributed by atoms with Crippen LogP contribution >= 0.6 is 0 Å². The monoisotopic (exact) mass is 328 g/mol. The van der Waals surface area contributed by atoms with E-state index in [1.807, 2.05) is 24.3 Å². The first-order chi connectivity index (χ1) is 11.6. The van der Waals surface area contributed by atoms with Gasteiger partial charge in [0.05, 0.1) is 0 Å². The van der Waals surface area contributed by atoms with Crippen molar-refractivity contribution in [1.29, 1.82) is 0 Å². The molecule has 130 valence electrons. The Bertz CT molecular complexity index is 588. The van der Waals surface area contributed by atoms with E-state index in [1.54, 1.807) is 19.0 Å². The van der Waals surface area contributed by atoms with E-state index in [-0.39, 0.29) is 11.8 Å². The second kappa shape index (κ2) is 7.37. The molecule has 1 saturated carbocycles. The van der Waals surface area contributed by atoms with E-state index in [1.165, 1.54) is 32.1 Å². The van der Waals surface area contributed by atoms with E-state index >= 15 is 0 Å². The average Bonchev–Trinajstić information content (AvgIpc) is 2.96. The van der Waals surface area contributed by atoms with Crippen LogP contribution in [0.15, 0.2) is 24.3 Å².